The molecule has 0 spiro atoms. The van der Waals surface area contributed by atoms with E-state index >= 15 is 0 Å². The van der Waals surface area contributed by atoms with E-state index in [-0.39, 0.29) is 0 Å². The molecule has 3 heterocycles. The number of hydrogen-bond donors (Lipinski definition) is 0. The van der Waals surface area contributed by atoms with Crippen molar-refractivity contribution in [2.75, 3.05) is 20.3 Å². The Morgan fingerprint density at radius 1 is 1.12 bits per heavy atom. The molecule has 0 bridgehead atoms. The molecule has 2 aromatic heterocycles. The van der Waals surface area contributed by atoms with Gasteiger partial charge in [0.05, 0.1) is 11.4 Å². The Bertz CT molecular complexity index is 816. The quantitative estimate of drug-likeness (QED) is 0.709. The summed E-state index contributed by atoms with van der Waals surface area (Å²) in [6.07, 6.45) is 0. The fourth-order valence-corrected chi connectivity index (χ4v) is 3.26. The van der Waals surface area contributed by atoms with E-state index < -0.39 is 0 Å². The van der Waals surface area contributed by atoms with Gasteiger partial charge in [-0.1, -0.05) is 17.3 Å². The molecule has 0 amide bonds. The topological polar surface area (TPSA) is 60.6 Å². The third-order valence-electron chi connectivity index (χ3n) is 3.67. The molecular weight excluding hydrogens is 326 g/mol. The summed E-state index contributed by atoms with van der Waals surface area (Å²) in [5.41, 5.74) is 1.15. The van der Waals surface area contributed by atoms with Gasteiger partial charge in [0.2, 0.25) is 11.7 Å². The van der Waals surface area contributed by atoms with E-state index in [4.69, 9.17) is 14.0 Å². The maximum atomic E-state index is 5.63. The third kappa shape index (κ3) is 3.27. The minimum absolute atomic E-state index is 0.590. The van der Waals surface area contributed by atoms with Gasteiger partial charge >= 0.3 is 0 Å². The van der Waals surface area contributed by atoms with E-state index in [1.807, 2.05) is 36.7 Å². The second-order valence-electron chi connectivity index (χ2n) is 5.64. The zero-order valence-corrected chi connectivity index (χ0v) is 14.1. The fourth-order valence-electron chi connectivity index (χ4n) is 2.61. The van der Waals surface area contributed by atoms with E-state index in [1.165, 1.54) is 0 Å². The van der Waals surface area contributed by atoms with Crippen LogP contribution in [-0.4, -0.2) is 35.3 Å². The Kier molecular flexibility index (Phi) is 4.18. The first-order valence-electron chi connectivity index (χ1n) is 7.71. The van der Waals surface area contributed by atoms with E-state index in [9.17, 15) is 0 Å². The zero-order valence-electron chi connectivity index (χ0n) is 13.3. The van der Waals surface area contributed by atoms with Crippen molar-refractivity contribution >= 4 is 11.3 Å². The van der Waals surface area contributed by atoms with Crippen LogP contribution < -0.4 is 9.47 Å². The lowest BCUT2D eigenvalue weighted by molar-refractivity contribution is 0.171. The van der Waals surface area contributed by atoms with Gasteiger partial charge in [-0.2, -0.15) is 4.98 Å². The molecule has 7 heteroatoms. The summed E-state index contributed by atoms with van der Waals surface area (Å²) in [4.78, 5) is 7.59. The minimum Gasteiger partial charge on any atom is -0.486 e. The van der Waals surface area contributed by atoms with E-state index in [2.05, 4.69) is 21.1 Å². The van der Waals surface area contributed by atoms with Gasteiger partial charge in [-0.05, 0) is 36.2 Å². The van der Waals surface area contributed by atoms with Gasteiger partial charge in [0.1, 0.15) is 13.2 Å². The first kappa shape index (κ1) is 15.2. The number of thiophene rings is 1. The van der Waals surface area contributed by atoms with Crippen molar-refractivity contribution in [2.24, 2.45) is 0 Å². The maximum Gasteiger partial charge on any atom is 0.241 e. The molecule has 3 aromatic rings. The average molecular weight is 343 g/mol. The van der Waals surface area contributed by atoms with Gasteiger partial charge in [-0.25, -0.2) is 0 Å². The molecule has 0 unspecified atom stereocenters. The van der Waals surface area contributed by atoms with Crippen LogP contribution in [0.5, 0.6) is 11.5 Å². The van der Waals surface area contributed by atoms with Crippen molar-refractivity contribution in [1.82, 2.24) is 15.0 Å². The van der Waals surface area contributed by atoms with Crippen LogP contribution in [0.2, 0.25) is 0 Å². The molecule has 1 aliphatic rings. The Morgan fingerprint density at radius 2 is 2.00 bits per heavy atom. The lowest BCUT2D eigenvalue weighted by Gasteiger charge is -2.20. The summed E-state index contributed by atoms with van der Waals surface area (Å²) in [7, 11) is 2.02. The highest BCUT2D eigenvalue weighted by atomic mass is 32.1. The van der Waals surface area contributed by atoms with Crippen LogP contribution in [0.15, 0.2) is 40.2 Å². The third-order valence-corrected chi connectivity index (χ3v) is 4.54. The summed E-state index contributed by atoms with van der Waals surface area (Å²) in [5, 5.41) is 6.04. The van der Waals surface area contributed by atoms with Gasteiger partial charge in [0.15, 0.2) is 11.5 Å². The first-order valence-corrected chi connectivity index (χ1v) is 8.59. The molecule has 124 valence electrons. The Morgan fingerprint density at radius 3 is 2.83 bits per heavy atom. The number of rotatable bonds is 5. The van der Waals surface area contributed by atoms with Gasteiger partial charge < -0.3 is 14.0 Å². The van der Waals surface area contributed by atoms with Crippen molar-refractivity contribution < 1.29 is 14.0 Å². The summed E-state index contributed by atoms with van der Waals surface area (Å²) >= 11 is 1.60. The molecule has 24 heavy (non-hydrogen) atoms. The van der Waals surface area contributed by atoms with Gasteiger partial charge in [-0.15, -0.1) is 11.3 Å². The lowest BCUT2D eigenvalue weighted by atomic mass is 10.2. The highest BCUT2D eigenvalue weighted by molar-refractivity contribution is 7.13. The summed E-state index contributed by atoms with van der Waals surface area (Å²) in [6.45, 7) is 2.55. The molecule has 0 radical (unpaired) electrons. The predicted octanol–water partition coefficient (Wildman–Crippen LogP) is 3.20. The van der Waals surface area contributed by atoms with Crippen LogP contribution in [0.3, 0.4) is 0 Å². The van der Waals surface area contributed by atoms with Crippen LogP contribution in [0.1, 0.15) is 11.5 Å². The second kappa shape index (κ2) is 6.62. The van der Waals surface area contributed by atoms with Crippen molar-refractivity contribution in [3.8, 4) is 22.2 Å². The van der Waals surface area contributed by atoms with E-state index in [0.717, 1.165) is 28.5 Å². The lowest BCUT2D eigenvalue weighted by Crippen LogP contribution is -2.18. The number of hydrogen-bond acceptors (Lipinski definition) is 7. The van der Waals surface area contributed by atoms with Crippen molar-refractivity contribution in [3.63, 3.8) is 0 Å². The predicted molar refractivity (Wildman–Crippen MR) is 90.2 cm³/mol. The molecule has 0 aliphatic carbocycles. The largest absolute Gasteiger partial charge is 0.486 e. The highest BCUT2D eigenvalue weighted by Crippen LogP contribution is 2.31. The van der Waals surface area contributed by atoms with Crippen LogP contribution in [0.4, 0.5) is 0 Å². The minimum atomic E-state index is 0.590. The summed E-state index contributed by atoms with van der Waals surface area (Å²) < 4.78 is 16.5. The number of aromatic nitrogens is 2. The van der Waals surface area contributed by atoms with Crippen LogP contribution in [0, 0.1) is 0 Å². The average Bonchev–Trinajstić information content (AvgIpc) is 3.26. The fraction of sp³-hybridized carbons (Fsp3) is 0.294. The van der Waals surface area contributed by atoms with Crippen LogP contribution in [-0.2, 0) is 13.1 Å². The Hall–Kier alpha value is -2.38. The van der Waals surface area contributed by atoms with Gasteiger partial charge in [-0.3, -0.25) is 4.90 Å². The summed E-state index contributed by atoms with van der Waals surface area (Å²) in [5.74, 6) is 2.88. The van der Waals surface area contributed by atoms with Crippen LogP contribution in [0.25, 0.3) is 10.7 Å². The first-order chi connectivity index (χ1) is 11.8. The smallest absolute Gasteiger partial charge is 0.241 e. The van der Waals surface area contributed by atoms with Crippen molar-refractivity contribution in [1.29, 1.82) is 0 Å². The molecule has 6 nitrogen and oxygen atoms in total. The molecule has 4 rings (SSSR count). The number of benzene rings is 1. The van der Waals surface area contributed by atoms with Crippen LogP contribution >= 0.6 is 11.3 Å². The monoisotopic (exact) mass is 343 g/mol. The molecule has 0 saturated carbocycles. The van der Waals surface area contributed by atoms with Crippen molar-refractivity contribution in [2.45, 2.75) is 13.1 Å². The second-order valence-corrected chi connectivity index (χ2v) is 6.59. The normalized spacial score (nSPS) is 13.4. The number of fused-ring (bicyclic) bond motifs is 1. The molecule has 0 fully saturated rings. The SMILES string of the molecule is CN(Cc1ccc2c(c1)OCCO2)Cc1nc(-c2cccs2)no1. The number of ether oxygens (including phenoxy) is 2. The zero-order chi connectivity index (χ0) is 16.4. The molecule has 1 aliphatic heterocycles. The molecule has 0 N–H and O–H groups in total. The molecule has 0 saturated heterocycles. The van der Waals surface area contributed by atoms with Gasteiger partial charge in [0.25, 0.3) is 0 Å². The van der Waals surface area contributed by atoms with E-state index in [0.29, 0.717) is 31.5 Å². The van der Waals surface area contributed by atoms with Gasteiger partial charge in [0, 0.05) is 6.54 Å². The van der Waals surface area contributed by atoms with E-state index in [1.54, 1.807) is 11.3 Å². The molecule has 0 atom stereocenters. The number of nitrogens with zero attached hydrogens (tertiary/aromatic N) is 3. The molecular formula is C17H17N3O3S. The Labute approximate surface area is 143 Å². The highest BCUT2D eigenvalue weighted by Gasteiger charge is 2.14. The Balaban J connectivity index is 1.41. The molecule has 1 aromatic carbocycles. The summed E-state index contributed by atoms with van der Waals surface area (Å²) in [6, 6.07) is 9.99. The standard InChI is InChI=1S/C17H17N3O3S/c1-20(10-12-4-5-13-14(9-12)22-7-6-21-13)11-16-18-17(19-23-16)15-3-2-8-24-15/h2-5,8-9H,6-7,10-11H2,1H3. The maximum absolute atomic E-state index is 5.63. The van der Waals surface area contributed by atoms with Crippen molar-refractivity contribution in [3.05, 3.63) is 47.2 Å².